The van der Waals surface area contributed by atoms with E-state index in [1.807, 2.05) is 0 Å². The second kappa shape index (κ2) is 9.44. The summed E-state index contributed by atoms with van der Waals surface area (Å²) in [5.41, 5.74) is 0.507. The van der Waals surface area contributed by atoms with Gasteiger partial charge in [-0.2, -0.15) is 13.2 Å². The van der Waals surface area contributed by atoms with Gasteiger partial charge in [0.1, 0.15) is 11.6 Å². The molecule has 14 heteroatoms. The smallest absolute Gasteiger partial charge is 0.325 e. The quantitative estimate of drug-likeness (QED) is 0.466. The standard InChI is InChI=1S/C21H17F4N5O4S/c1-35(32,33)28-15-10-29(11-15)21(31)30(16-4-2-3-14(22)8-16)9-13-6-5-12(7-17(13)23)19-26-27-20(34-19)18(24)25/h2-8,18H,9-11H2,1H3. The number of hydrogen-bond acceptors (Lipinski definition) is 6. The van der Waals surface area contributed by atoms with Crippen molar-refractivity contribution < 1.29 is 35.2 Å². The van der Waals surface area contributed by atoms with Crippen LogP contribution < -0.4 is 4.90 Å². The van der Waals surface area contributed by atoms with Gasteiger partial charge in [-0.05, 0) is 30.3 Å². The molecule has 2 amide bonds. The number of carbonyl (C=O) groups excluding carboxylic acids is 1. The molecule has 0 saturated carbocycles. The van der Waals surface area contributed by atoms with Gasteiger partial charge in [0.05, 0.1) is 31.6 Å². The molecule has 1 aliphatic rings. The van der Waals surface area contributed by atoms with Gasteiger partial charge >= 0.3 is 12.5 Å². The summed E-state index contributed by atoms with van der Waals surface area (Å²) in [6, 6.07) is 8.16. The number of anilines is 1. The Bertz CT molecular complexity index is 1400. The normalized spacial score (nSPS) is 13.7. The van der Waals surface area contributed by atoms with Gasteiger partial charge in [0, 0.05) is 16.8 Å². The molecule has 1 fully saturated rings. The Hall–Kier alpha value is -3.81. The summed E-state index contributed by atoms with van der Waals surface area (Å²) in [6.45, 7) is -0.416. The van der Waals surface area contributed by atoms with Crippen molar-refractivity contribution in [2.24, 2.45) is 4.40 Å². The van der Waals surface area contributed by atoms with E-state index >= 15 is 0 Å². The van der Waals surface area contributed by atoms with E-state index in [4.69, 9.17) is 4.42 Å². The van der Waals surface area contributed by atoms with E-state index in [9.17, 15) is 30.8 Å². The highest BCUT2D eigenvalue weighted by atomic mass is 32.2. The van der Waals surface area contributed by atoms with Gasteiger partial charge in [-0.25, -0.2) is 22.0 Å². The third-order valence-corrected chi connectivity index (χ3v) is 5.51. The number of likely N-dealkylation sites (tertiary alicyclic amines) is 1. The van der Waals surface area contributed by atoms with Crippen LogP contribution in [0.5, 0.6) is 0 Å². The molecular formula is C21H17F4N5O4S. The maximum Gasteiger partial charge on any atom is 0.325 e. The molecule has 3 aromatic rings. The molecule has 184 valence electrons. The number of aromatic nitrogens is 2. The molecule has 0 radical (unpaired) electrons. The van der Waals surface area contributed by atoms with E-state index in [-0.39, 0.29) is 48.1 Å². The second-order valence-electron chi connectivity index (χ2n) is 7.65. The van der Waals surface area contributed by atoms with E-state index in [1.165, 1.54) is 35.2 Å². The summed E-state index contributed by atoms with van der Waals surface area (Å²) in [5, 5.41) is 6.67. The molecule has 2 aromatic carbocycles. The maximum atomic E-state index is 14.9. The maximum absolute atomic E-state index is 14.9. The van der Waals surface area contributed by atoms with Crippen LogP contribution in [0.2, 0.25) is 0 Å². The van der Waals surface area contributed by atoms with Gasteiger partial charge in [0.25, 0.3) is 5.89 Å². The van der Waals surface area contributed by atoms with E-state index in [0.717, 1.165) is 23.3 Å². The predicted octanol–water partition coefficient (Wildman–Crippen LogP) is 3.80. The van der Waals surface area contributed by atoms with E-state index < -0.39 is 40.0 Å². The average molecular weight is 511 g/mol. The van der Waals surface area contributed by atoms with Crippen LogP contribution in [0.15, 0.2) is 51.3 Å². The first-order chi connectivity index (χ1) is 16.5. The molecule has 2 heterocycles. The SMILES string of the molecule is CS(=O)(=O)N=C1CN(C(=O)N(Cc2ccc(-c3nnc(C(F)F)o3)cc2F)c2cccc(F)c2)C1. The Kier molecular flexibility index (Phi) is 6.56. The Labute approximate surface area is 196 Å². The summed E-state index contributed by atoms with van der Waals surface area (Å²) in [5.74, 6) is -2.62. The van der Waals surface area contributed by atoms with Gasteiger partial charge < -0.3 is 9.32 Å². The van der Waals surface area contributed by atoms with Gasteiger partial charge in [-0.3, -0.25) is 4.90 Å². The summed E-state index contributed by atoms with van der Waals surface area (Å²) in [6.07, 6.45) is -2.05. The minimum Gasteiger partial charge on any atom is -0.415 e. The number of halogens is 4. The van der Waals surface area contributed by atoms with Crippen LogP contribution in [-0.4, -0.2) is 54.6 Å². The minimum absolute atomic E-state index is 0.0329. The van der Waals surface area contributed by atoms with Gasteiger partial charge in [0.2, 0.25) is 15.9 Å². The largest absolute Gasteiger partial charge is 0.415 e. The number of benzene rings is 2. The molecule has 1 saturated heterocycles. The van der Waals surface area contributed by atoms with Crippen molar-refractivity contribution in [1.82, 2.24) is 15.1 Å². The Balaban J connectivity index is 1.59. The number of carbonyl (C=O) groups is 1. The molecule has 1 aromatic heterocycles. The van der Waals surface area contributed by atoms with Crippen molar-refractivity contribution in [2.75, 3.05) is 24.2 Å². The zero-order valence-corrected chi connectivity index (χ0v) is 18.8. The van der Waals surface area contributed by atoms with Crippen molar-refractivity contribution in [1.29, 1.82) is 0 Å². The lowest BCUT2D eigenvalue weighted by Gasteiger charge is -2.37. The minimum atomic E-state index is -3.62. The fourth-order valence-electron chi connectivity index (χ4n) is 3.32. The first kappa shape index (κ1) is 24.3. The van der Waals surface area contributed by atoms with Crippen molar-refractivity contribution in [3.63, 3.8) is 0 Å². The lowest BCUT2D eigenvalue weighted by atomic mass is 10.1. The van der Waals surface area contributed by atoms with Gasteiger partial charge in [-0.1, -0.05) is 12.1 Å². The van der Waals surface area contributed by atoms with Crippen LogP contribution in [0.1, 0.15) is 17.9 Å². The topological polar surface area (TPSA) is 109 Å². The van der Waals surface area contributed by atoms with Crippen LogP contribution in [-0.2, 0) is 16.6 Å². The fourth-order valence-corrected chi connectivity index (χ4v) is 3.91. The molecule has 0 spiro atoms. The second-order valence-corrected chi connectivity index (χ2v) is 9.30. The molecule has 0 aliphatic carbocycles. The number of urea groups is 1. The monoisotopic (exact) mass is 511 g/mol. The number of rotatable bonds is 6. The summed E-state index contributed by atoms with van der Waals surface area (Å²) < 4.78 is 85.1. The van der Waals surface area contributed by atoms with Crippen molar-refractivity contribution in [3.8, 4) is 11.5 Å². The molecular weight excluding hydrogens is 494 g/mol. The van der Waals surface area contributed by atoms with E-state index in [2.05, 4.69) is 14.6 Å². The first-order valence-electron chi connectivity index (χ1n) is 10.00. The third-order valence-electron chi connectivity index (χ3n) is 4.92. The highest BCUT2D eigenvalue weighted by molar-refractivity contribution is 7.89. The molecule has 9 nitrogen and oxygen atoms in total. The first-order valence-corrected chi connectivity index (χ1v) is 11.8. The molecule has 1 aliphatic heterocycles. The lowest BCUT2D eigenvalue weighted by molar-refractivity contribution is 0.116. The molecule has 0 bridgehead atoms. The van der Waals surface area contributed by atoms with Crippen LogP contribution >= 0.6 is 0 Å². The fraction of sp³-hybridized carbons (Fsp3) is 0.238. The summed E-state index contributed by atoms with van der Waals surface area (Å²) in [7, 11) is -3.62. The summed E-state index contributed by atoms with van der Waals surface area (Å²) in [4.78, 5) is 15.5. The van der Waals surface area contributed by atoms with Gasteiger partial charge in [-0.15, -0.1) is 10.2 Å². The average Bonchev–Trinajstić information content (AvgIpc) is 3.25. The molecule has 35 heavy (non-hydrogen) atoms. The van der Waals surface area contributed by atoms with Crippen molar-refractivity contribution in [3.05, 3.63) is 65.6 Å². The van der Waals surface area contributed by atoms with E-state index in [1.54, 1.807) is 0 Å². The van der Waals surface area contributed by atoms with Crippen LogP contribution in [0.4, 0.5) is 28.0 Å². The number of alkyl halides is 2. The molecule has 0 N–H and O–H groups in total. The molecule has 0 atom stereocenters. The lowest BCUT2D eigenvalue weighted by Crippen LogP contribution is -2.55. The zero-order valence-electron chi connectivity index (χ0n) is 18.0. The van der Waals surface area contributed by atoms with Crippen LogP contribution in [0, 0.1) is 11.6 Å². The number of amides is 2. The number of nitrogens with zero attached hydrogens (tertiary/aromatic N) is 5. The highest BCUT2D eigenvalue weighted by Gasteiger charge is 2.32. The Morgan fingerprint density at radius 2 is 1.91 bits per heavy atom. The summed E-state index contributed by atoms with van der Waals surface area (Å²) >= 11 is 0. The van der Waals surface area contributed by atoms with Crippen LogP contribution in [0.3, 0.4) is 0 Å². The predicted molar refractivity (Wildman–Crippen MR) is 116 cm³/mol. The van der Waals surface area contributed by atoms with Crippen molar-refractivity contribution in [2.45, 2.75) is 13.0 Å². The molecule has 0 unspecified atom stereocenters. The molecule has 4 rings (SSSR count). The third kappa shape index (κ3) is 5.65. The highest BCUT2D eigenvalue weighted by Crippen LogP contribution is 2.27. The van der Waals surface area contributed by atoms with Crippen LogP contribution in [0.25, 0.3) is 11.5 Å². The van der Waals surface area contributed by atoms with Crippen molar-refractivity contribution >= 4 is 27.5 Å². The number of hydrogen-bond donors (Lipinski definition) is 0. The number of sulfonamides is 1. The zero-order chi connectivity index (χ0) is 25.3. The van der Waals surface area contributed by atoms with E-state index in [0.29, 0.717) is 0 Å². The Morgan fingerprint density at radius 1 is 1.17 bits per heavy atom. The Morgan fingerprint density at radius 3 is 2.51 bits per heavy atom. The van der Waals surface area contributed by atoms with Gasteiger partial charge in [0.15, 0.2) is 0 Å².